The third-order valence-corrected chi connectivity index (χ3v) is 3.04. The van der Waals surface area contributed by atoms with E-state index in [0.29, 0.717) is 5.92 Å². The molecule has 0 saturated heterocycles. The van der Waals surface area contributed by atoms with Gasteiger partial charge in [-0.3, -0.25) is 0 Å². The molecule has 2 aromatic heterocycles. The molecule has 0 aliphatic rings. The fourth-order valence-corrected chi connectivity index (χ4v) is 1.74. The van der Waals surface area contributed by atoms with Gasteiger partial charge in [-0.05, 0) is 5.92 Å². The lowest BCUT2D eigenvalue weighted by Gasteiger charge is -2.23. The summed E-state index contributed by atoms with van der Waals surface area (Å²) in [7, 11) is 3.98. The third-order valence-electron chi connectivity index (χ3n) is 3.04. The first-order chi connectivity index (χ1) is 8.00. The average molecular weight is 230 g/mol. The van der Waals surface area contributed by atoms with Crippen molar-refractivity contribution in [2.24, 2.45) is 13.0 Å². The lowest BCUT2D eigenvalue weighted by Crippen LogP contribution is -2.20. The van der Waals surface area contributed by atoms with Crippen LogP contribution in [0.25, 0.3) is 11.0 Å². The Bertz CT molecular complexity index is 554. The molecular weight excluding hydrogens is 212 g/mol. The Kier molecular flexibility index (Phi) is 2.88. The van der Waals surface area contributed by atoms with Gasteiger partial charge in [0.05, 0.1) is 18.0 Å². The van der Waals surface area contributed by atoms with Crippen molar-refractivity contribution in [3.05, 3.63) is 30.9 Å². The number of pyridine rings is 1. The van der Waals surface area contributed by atoms with Crippen molar-refractivity contribution >= 4 is 16.9 Å². The topological polar surface area (TPSA) is 34.0 Å². The fourth-order valence-electron chi connectivity index (χ4n) is 1.74. The number of aromatic nitrogens is 3. The zero-order valence-electron chi connectivity index (χ0n) is 10.8. The molecule has 0 aromatic carbocycles. The van der Waals surface area contributed by atoms with Crippen LogP contribution < -0.4 is 4.90 Å². The van der Waals surface area contributed by atoms with E-state index in [1.165, 1.54) is 0 Å². The molecule has 2 heterocycles. The van der Waals surface area contributed by atoms with E-state index in [4.69, 9.17) is 0 Å². The van der Waals surface area contributed by atoms with Crippen LogP contribution in [0.3, 0.4) is 0 Å². The number of fused-ring (bicyclic) bond motifs is 1. The van der Waals surface area contributed by atoms with Crippen molar-refractivity contribution < 1.29 is 0 Å². The normalized spacial score (nSPS) is 11.1. The molecule has 0 amide bonds. The van der Waals surface area contributed by atoms with Crippen molar-refractivity contribution in [2.45, 2.75) is 13.8 Å². The minimum absolute atomic E-state index is 0.407. The molecule has 0 unspecified atom stereocenters. The van der Waals surface area contributed by atoms with Gasteiger partial charge in [-0.2, -0.15) is 0 Å². The molecule has 17 heavy (non-hydrogen) atoms. The van der Waals surface area contributed by atoms with Gasteiger partial charge in [0.25, 0.3) is 0 Å². The number of rotatable bonds is 3. The van der Waals surface area contributed by atoms with E-state index in [9.17, 15) is 0 Å². The maximum atomic E-state index is 4.41. The minimum atomic E-state index is 0.407. The van der Waals surface area contributed by atoms with E-state index in [1.54, 1.807) is 12.5 Å². The Morgan fingerprint density at radius 1 is 1.41 bits per heavy atom. The Labute approximate surface area is 102 Å². The minimum Gasteiger partial charge on any atom is -0.334 e. The third kappa shape index (κ3) is 2.02. The van der Waals surface area contributed by atoms with E-state index >= 15 is 0 Å². The van der Waals surface area contributed by atoms with Gasteiger partial charge >= 0.3 is 0 Å². The Balaban J connectivity index is 2.42. The maximum absolute atomic E-state index is 4.41. The second kappa shape index (κ2) is 4.20. The molecule has 90 valence electrons. The van der Waals surface area contributed by atoms with Crippen LogP contribution in [0.1, 0.15) is 13.8 Å². The number of imidazole rings is 1. The summed E-state index contributed by atoms with van der Waals surface area (Å²) in [6, 6.07) is 2.04. The lowest BCUT2D eigenvalue weighted by atomic mass is 10.1. The van der Waals surface area contributed by atoms with Crippen molar-refractivity contribution in [1.82, 2.24) is 14.5 Å². The van der Waals surface area contributed by atoms with Gasteiger partial charge in [-0.15, -0.1) is 0 Å². The van der Waals surface area contributed by atoms with Gasteiger partial charge in [0, 0.05) is 25.9 Å². The van der Waals surface area contributed by atoms with E-state index in [1.807, 2.05) is 29.6 Å². The van der Waals surface area contributed by atoms with E-state index in [-0.39, 0.29) is 0 Å². The molecule has 0 aliphatic carbocycles. The van der Waals surface area contributed by atoms with Crippen molar-refractivity contribution in [1.29, 1.82) is 0 Å². The first-order valence-corrected chi connectivity index (χ1v) is 5.70. The quantitative estimate of drug-likeness (QED) is 0.812. The molecule has 0 bridgehead atoms. The van der Waals surface area contributed by atoms with Crippen LogP contribution in [0.4, 0.5) is 5.82 Å². The number of anilines is 1. The molecule has 0 aliphatic heterocycles. The Morgan fingerprint density at radius 2 is 2.12 bits per heavy atom. The zero-order valence-corrected chi connectivity index (χ0v) is 10.8. The smallest absolute Gasteiger partial charge is 0.134 e. The fraction of sp³-hybridized carbons (Fsp3) is 0.385. The highest BCUT2D eigenvalue weighted by atomic mass is 15.2. The summed E-state index contributed by atoms with van der Waals surface area (Å²) in [6.45, 7) is 8.34. The molecule has 4 nitrogen and oxygen atoms in total. The van der Waals surface area contributed by atoms with Crippen LogP contribution in [0.15, 0.2) is 30.9 Å². The van der Waals surface area contributed by atoms with Gasteiger partial charge in [0.15, 0.2) is 0 Å². The number of allylic oxidation sites excluding steroid dienone is 1. The van der Waals surface area contributed by atoms with E-state index in [2.05, 4.69) is 30.4 Å². The molecule has 0 radical (unpaired) electrons. The van der Waals surface area contributed by atoms with Gasteiger partial charge < -0.3 is 9.47 Å². The number of aryl methyl sites for hydroxylation is 1. The number of nitrogens with zero attached hydrogens (tertiary/aromatic N) is 4. The molecule has 0 atom stereocenters. The summed E-state index contributed by atoms with van der Waals surface area (Å²) < 4.78 is 1.99. The maximum Gasteiger partial charge on any atom is 0.134 e. The van der Waals surface area contributed by atoms with Crippen molar-refractivity contribution in [3.63, 3.8) is 0 Å². The predicted molar refractivity (Wildman–Crippen MR) is 70.9 cm³/mol. The van der Waals surface area contributed by atoms with Crippen LogP contribution in [0.5, 0.6) is 0 Å². The van der Waals surface area contributed by atoms with Gasteiger partial charge in [-0.1, -0.05) is 20.4 Å². The number of hydrogen-bond donors (Lipinski definition) is 0. The van der Waals surface area contributed by atoms with Crippen LogP contribution in [-0.2, 0) is 7.05 Å². The van der Waals surface area contributed by atoms with Crippen molar-refractivity contribution in [2.75, 3.05) is 11.9 Å². The van der Waals surface area contributed by atoms with Gasteiger partial charge in [0.2, 0.25) is 0 Å². The van der Waals surface area contributed by atoms with Crippen LogP contribution in [-0.4, -0.2) is 21.6 Å². The first-order valence-electron chi connectivity index (χ1n) is 5.70. The van der Waals surface area contributed by atoms with Gasteiger partial charge in [-0.25, -0.2) is 9.97 Å². The zero-order chi connectivity index (χ0) is 12.6. The predicted octanol–water partition coefficient (Wildman–Crippen LogP) is 2.57. The summed E-state index contributed by atoms with van der Waals surface area (Å²) in [5.74, 6) is 1.31. The molecule has 0 N–H and O–H groups in total. The summed E-state index contributed by atoms with van der Waals surface area (Å²) >= 11 is 0. The molecule has 2 aromatic rings. The Hall–Kier alpha value is -1.84. The average Bonchev–Trinajstić information content (AvgIpc) is 2.68. The summed E-state index contributed by atoms with van der Waals surface area (Å²) in [5, 5.41) is 0. The highest BCUT2D eigenvalue weighted by molar-refractivity contribution is 5.77. The highest BCUT2D eigenvalue weighted by Crippen LogP contribution is 2.22. The second-order valence-electron chi connectivity index (χ2n) is 4.59. The second-order valence-corrected chi connectivity index (χ2v) is 4.59. The molecule has 0 fully saturated rings. The van der Waals surface area contributed by atoms with Crippen molar-refractivity contribution in [3.8, 4) is 0 Å². The highest BCUT2D eigenvalue weighted by Gasteiger charge is 2.11. The van der Waals surface area contributed by atoms with Gasteiger partial charge in [0.1, 0.15) is 11.3 Å². The molecule has 0 spiro atoms. The molecule has 0 saturated carbocycles. The molecule has 2 rings (SSSR count). The summed E-state index contributed by atoms with van der Waals surface area (Å²) in [4.78, 5) is 10.7. The lowest BCUT2D eigenvalue weighted by molar-refractivity contribution is 0.735. The standard InChI is InChI=1S/C13H18N4/c1-9(2)10(3)17(5)13-6-12-11(7-14-13)15-8-16(12)4/h6-9H,3H2,1-2,4-5H3. The van der Waals surface area contributed by atoms with E-state index in [0.717, 1.165) is 22.5 Å². The largest absolute Gasteiger partial charge is 0.334 e. The SMILES string of the molecule is C=C(C(C)C)N(C)c1cc2c(cn1)ncn2C. The number of hydrogen-bond acceptors (Lipinski definition) is 3. The monoisotopic (exact) mass is 230 g/mol. The Morgan fingerprint density at radius 3 is 2.76 bits per heavy atom. The summed E-state index contributed by atoms with van der Waals surface area (Å²) in [6.07, 6.45) is 3.60. The molecule has 4 heteroatoms. The van der Waals surface area contributed by atoms with Crippen LogP contribution >= 0.6 is 0 Å². The summed E-state index contributed by atoms with van der Waals surface area (Å²) in [5.41, 5.74) is 3.05. The van der Waals surface area contributed by atoms with E-state index < -0.39 is 0 Å². The first kappa shape index (κ1) is 11.6. The molecular formula is C13H18N4. The van der Waals surface area contributed by atoms with Crippen LogP contribution in [0.2, 0.25) is 0 Å². The van der Waals surface area contributed by atoms with Crippen LogP contribution in [0, 0.1) is 5.92 Å².